The second kappa shape index (κ2) is 7.96. The molecule has 2 aromatic carbocycles. The van der Waals surface area contributed by atoms with Crippen molar-refractivity contribution in [3.8, 4) is 6.07 Å². The van der Waals surface area contributed by atoms with Gasteiger partial charge in [-0.1, -0.05) is 0 Å². The fourth-order valence-corrected chi connectivity index (χ4v) is 3.94. The Morgan fingerprint density at radius 1 is 1.19 bits per heavy atom. The largest absolute Gasteiger partial charge is 0.417 e. The molecular formula is C21H15F4N3O3S. The molecule has 1 fully saturated rings. The summed E-state index contributed by atoms with van der Waals surface area (Å²) in [5.41, 5.74) is -3.70. The zero-order valence-corrected chi connectivity index (χ0v) is 17.5. The highest BCUT2D eigenvalue weighted by atomic mass is 32.1. The van der Waals surface area contributed by atoms with Gasteiger partial charge in [-0.3, -0.25) is 14.5 Å². The molecule has 166 valence electrons. The van der Waals surface area contributed by atoms with E-state index in [0.717, 1.165) is 23.1 Å². The van der Waals surface area contributed by atoms with Crippen LogP contribution in [-0.2, 0) is 11.0 Å². The van der Waals surface area contributed by atoms with Gasteiger partial charge in [-0.25, -0.2) is 4.39 Å². The van der Waals surface area contributed by atoms with Gasteiger partial charge in [-0.2, -0.15) is 18.4 Å². The van der Waals surface area contributed by atoms with Crippen molar-refractivity contribution < 1.29 is 32.3 Å². The van der Waals surface area contributed by atoms with Crippen LogP contribution in [0.2, 0.25) is 0 Å². The number of aliphatic hydroxyl groups excluding tert-OH is 1. The molecule has 0 spiro atoms. The summed E-state index contributed by atoms with van der Waals surface area (Å²) in [4.78, 5) is 26.9. The molecule has 0 saturated carbocycles. The highest BCUT2D eigenvalue weighted by molar-refractivity contribution is 7.81. The SMILES string of the molecule is CC1(C)C(=O)N(c2ccc(C#N)c(C(F)(F)F)c2)C(=S)N1c1ccc(C(=O)CO)c(F)c1. The molecule has 11 heteroatoms. The summed E-state index contributed by atoms with van der Waals surface area (Å²) in [5, 5.41) is 17.7. The minimum Gasteiger partial charge on any atom is -0.388 e. The Labute approximate surface area is 185 Å². The van der Waals surface area contributed by atoms with Gasteiger partial charge in [0.15, 0.2) is 10.9 Å². The number of anilines is 2. The Kier molecular flexibility index (Phi) is 5.80. The van der Waals surface area contributed by atoms with Crippen LogP contribution >= 0.6 is 12.2 Å². The van der Waals surface area contributed by atoms with E-state index in [9.17, 15) is 27.2 Å². The molecule has 32 heavy (non-hydrogen) atoms. The number of amides is 1. The molecule has 1 saturated heterocycles. The molecule has 1 aliphatic rings. The topological polar surface area (TPSA) is 84.6 Å². The quantitative estimate of drug-likeness (QED) is 0.420. The van der Waals surface area contributed by atoms with Crippen molar-refractivity contribution in [3.05, 3.63) is 58.9 Å². The summed E-state index contributed by atoms with van der Waals surface area (Å²) in [6.45, 7) is 2.03. The molecule has 6 nitrogen and oxygen atoms in total. The van der Waals surface area contributed by atoms with E-state index in [1.165, 1.54) is 36.9 Å². The second-order valence-electron chi connectivity index (χ2n) is 7.40. The first-order valence-corrected chi connectivity index (χ1v) is 9.49. The summed E-state index contributed by atoms with van der Waals surface area (Å²) >= 11 is 5.36. The van der Waals surface area contributed by atoms with Crippen LogP contribution in [0.1, 0.15) is 35.3 Å². The molecule has 0 aromatic heterocycles. The zero-order chi connectivity index (χ0) is 24.0. The number of halogens is 4. The van der Waals surface area contributed by atoms with Gasteiger partial charge in [-0.15, -0.1) is 0 Å². The summed E-state index contributed by atoms with van der Waals surface area (Å²) in [6.07, 6.45) is -4.83. The Morgan fingerprint density at radius 2 is 1.81 bits per heavy atom. The Morgan fingerprint density at radius 3 is 2.34 bits per heavy atom. The highest BCUT2D eigenvalue weighted by Crippen LogP contribution is 2.39. The molecule has 2 aromatic rings. The van der Waals surface area contributed by atoms with Crippen molar-refractivity contribution in [1.29, 1.82) is 5.26 Å². The average Bonchev–Trinajstić information content (AvgIpc) is 2.90. The number of Topliss-reactive ketones (excluding diaryl/α,β-unsaturated/α-hetero) is 1. The summed E-state index contributed by atoms with van der Waals surface area (Å²) in [5.74, 6) is -2.47. The van der Waals surface area contributed by atoms with E-state index in [1.807, 2.05) is 0 Å². The van der Waals surface area contributed by atoms with E-state index in [0.29, 0.717) is 6.07 Å². The number of aliphatic hydroxyl groups is 1. The van der Waals surface area contributed by atoms with Gasteiger partial charge in [-0.05, 0) is 62.5 Å². The number of ketones is 1. The third-order valence-electron chi connectivity index (χ3n) is 5.01. The Hall–Kier alpha value is -3.36. The van der Waals surface area contributed by atoms with Crippen LogP contribution in [0, 0.1) is 17.1 Å². The van der Waals surface area contributed by atoms with Crippen LogP contribution in [0.25, 0.3) is 0 Å². The van der Waals surface area contributed by atoms with Crippen molar-refractivity contribution in [3.63, 3.8) is 0 Å². The number of carbonyl (C=O) groups is 2. The molecule has 1 amide bonds. The number of nitriles is 1. The normalized spacial score (nSPS) is 15.8. The highest BCUT2D eigenvalue weighted by Gasteiger charge is 2.50. The number of benzene rings is 2. The van der Waals surface area contributed by atoms with E-state index < -0.39 is 47.0 Å². The molecular weight excluding hydrogens is 450 g/mol. The monoisotopic (exact) mass is 465 g/mol. The number of hydrogen-bond donors (Lipinski definition) is 1. The first-order valence-electron chi connectivity index (χ1n) is 9.08. The van der Waals surface area contributed by atoms with Crippen molar-refractivity contribution in [1.82, 2.24) is 0 Å². The third-order valence-corrected chi connectivity index (χ3v) is 5.38. The average molecular weight is 465 g/mol. The third kappa shape index (κ3) is 3.72. The lowest BCUT2D eigenvalue weighted by Gasteiger charge is -2.29. The van der Waals surface area contributed by atoms with Crippen LogP contribution in [0.3, 0.4) is 0 Å². The number of nitrogens with zero attached hydrogens (tertiary/aromatic N) is 3. The molecule has 0 aliphatic carbocycles. The molecule has 0 atom stereocenters. The summed E-state index contributed by atoms with van der Waals surface area (Å²) in [7, 11) is 0. The number of hydrogen-bond acceptors (Lipinski definition) is 5. The van der Waals surface area contributed by atoms with E-state index >= 15 is 0 Å². The van der Waals surface area contributed by atoms with Crippen LogP contribution in [-0.4, -0.2) is 34.1 Å². The van der Waals surface area contributed by atoms with E-state index in [4.69, 9.17) is 22.6 Å². The first-order chi connectivity index (χ1) is 14.8. The number of alkyl halides is 3. The summed E-state index contributed by atoms with van der Waals surface area (Å²) < 4.78 is 54.6. The van der Waals surface area contributed by atoms with E-state index in [-0.39, 0.29) is 22.1 Å². The zero-order valence-electron chi connectivity index (χ0n) is 16.7. The molecule has 0 radical (unpaired) electrons. The minimum atomic E-state index is -4.83. The molecule has 1 N–H and O–H groups in total. The number of carbonyl (C=O) groups excluding carboxylic acids is 2. The van der Waals surface area contributed by atoms with Gasteiger partial charge in [0, 0.05) is 5.69 Å². The maximum atomic E-state index is 14.4. The predicted octanol–water partition coefficient (Wildman–Crippen LogP) is 3.81. The number of rotatable bonds is 4. The van der Waals surface area contributed by atoms with E-state index in [1.54, 1.807) is 0 Å². The number of thiocarbonyl (C=S) groups is 1. The van der Waals surface area contributed by atoms with E-state index in [2.05, 4.69) is 0 Å². The van der Waals surface area contributed by atoms with Gasteiger partial charge in [0.2, 0.25) is 0 Å². The van der Waals surface area contributed by atoms with Gasteiger partial charge < -0.3 is 10.0 Å². The van der Waals surface area contributed by atoms with Gasteiger partial charge in [0.05, 0.1) is 28.4 Å². The second-order valence-corrected chi connectivity index (χ2v) is 7.77. The van der Waals surface area contributed by atoms with Crippen LogP contribution in [0.15, 0.2) is 36.4 Å². The Balaban J connectivity index is 2.10. The Bertz CT molecular complexity index is 1190. The lowest BCUT2D eigenvalue weighted by atomic mass is 10.0. The van der Waals surface area contributed by atoms with Gasteiger partial charge in [0.25, 0.3) is 5.91 Å². The van der Waals surface area contributed by atoms with Crippen molar-refractivity contribution in [2.45, 2.75) is 25.6 Å². The fraction of sp³-hybridized carbons (Fsp3) is 0.238. The fourth-order valence-electron chi connectivity index (χ4n) is 3.41. The van der Waals surface area contributed by atoms with Crippen molar-refractivity contribution in [2.24, 2.45) is 0 Å². The molecule has 3 rings (SSSR count). The van der Waals surface area contributed by atoms with Crippen LogP contribution < -0.4 is 9.80 Å². The maximum absolute atomic E-state index is 14.4. The minimum absolute atomic E-state index is 0.0903. The first kappa shape index (κ1) is 23.3. The molecule has 0 bridgehead atoms. The van der Waals surface area contributed by atoms with Crippen molar-refractivity contribution in [2.75, 3.05) is 16.4 Å². The van der Waals surface area contributed by atoms with Crippen molar-refractivity contribution >= 4 is 40.4 Å². The molecule has 0 unspecified atom stereocenters. The smallest absolute Gasteiger partial charge is 0.388 e. The molecule has 1 heterocycles. The maximum Gasteiger partial charge on any atom is 0.417 e. The lowest BCUT2D eigenvalue weighted by Crippen LogP contribution is -2.44. The summed E-state index contributed by atoms with van der Waals surface area (Å²) in [6, 6.07) is 7.63. The van der Waals surface area contributed by atoms with Gasteiger partial charge >= 0.3 is 6.18 Å². The lowest BCUT2D eigenvalue weighted by molar-refractivity contribution is -0.137. The predicted molar refractivity (Wildman–Crippen MR) is 111 cm³/mol. The molecule has 1 aliphatic heterocycles. The standard InChI is InChI=1S/C21H15F4N3O3S/c1-20(2)18(31)27(12-4-3-11(9-26)15(7-12)21(23,24)25)19(32)28(20)13-5-6-14(16(22)8-13)17(30)10-29/h3-8,29H,10H2,1-2H3. The van der Waals surface area contributed by atoms with Crippen LogP contribution in [0.5, 0.6) is 0 Å². The van der Waals surface area contributed by atoms with Gasteiger partial charge in [0.1, 0.15) is 18.0 Å². The van der Waals surface area contributed by atoms with Crippen LogP contribution in [0.4, 0.5) is 28.9 Å².